The monoisotopic (exact) mass is 281 g/mol. The van der Waals surface area contributed by atoms with E-state index in [0.717, 1.165) is 44.0 Å². The zero-order valence-corrected chi connectivity index (χ0v) is 11.7. The fourth-order valence-electron chi connectivity index (χ4n) is 2.50. The van der Waals surface area contributed by atoms with E-state index in [9.17, 15) is 4.79 Å². The van der Waals surface area contributed by atoms with Gasteiger partial charge in [-0.05, 0) is 30.9 Å². The van der Waals surface area contributed by atoms with E-state index < -0.39 is 0 Å². The Morgan fingerprint density at radius 2 is 2.16 bits per heavy atom. The first-order valence-electron chi connectivity index (χ1n) is 6.83. The van der Waals surface area contributed by atoms with Crippen molar-refractivity contribution in [2.24, 2.45) is 0 Å². The lowest BCUT2D eigenvalue weighted by Crippen LogP contribution is -2.46. The van der Waals surface area contributed by atoms with Gasteiger partial charge in [0, 0.05) is 18.0 Å². The van der Waals surface area contributed by atoms with Crippen LogP contribution >= 0.6 is 11.3 Å². The molecule has 6 heteroatoms. The minimum absolute atomic E-state index is 0.138. The van der Waals surface area contributed by atoms with Gasteiger partial charge in [0.15, 0.2) is 0 Å². The molecule has 1 fully saturated rings. The lowest BCUT2D eigenvalue weighted by Gasteiger charge is -2.26. The highest BCUT2D eigenvalue weighted by atomic mass is 32.1. The molecule has 0 spiro atoms. The molecule has 1 saturated heterocycles. The average molecular weight is 281 g/mol. The number of carbonyl (C=O) groups is 1. The summed E-state index contributed by atoms with van der Waals surface area (Å²) in [5, 5.41) is 5.82. The zero-order valence-electron chi connectivity index (χ0n) is 10.9. The Morgan fingerprint density at radius 1 is 1.32 bits per heavy atom. The number of thiophene rings is 1. The first kappa shape index (κ1) is 12.9. The molecule has 104 valence electrons. The second-order valence-corrected chi connectivity index (χ2v) is 6.11. The van der Waals surface area contributed by atoms with Crippen LogP contribution in [0.15, 0.2) is 6.07 Å². The van der Waals surface area contributed by atoms with Crippen LogP contribution in [0.3, 0.4) is 0 Å². The van der Waals surface area contributed by atoms with Crippen molar-refractivity contribution in [1.29, 1.82) is 0 Å². The summed E-state index contributed by atoms with van der Waals surface area (Å²) in [6.07, 6.45) is 4.52. The summed E-state index contributed by atoms with van der Waals surface area (Å²) in [6, 6.07) is 1.93. The molecule has 2 aliphatic heterocycles. The Hall–Kier alpha value is -1.11. The molecule has 0 radical (unpaired) electrons. The third-order valence-electron chi connectivity index (χ3n) is 3.50. The molecule has 2 amide bonds. The van der Waals surface area contributed by atoms with E-state index in [4.69, 9.17) is 4.74 Å². The maximum atomic E-state index is 11.9. The highest BCUT2D eigenvalue weighted by Crippen LogP contribution is 2.30. The predicted octanol–water partition coefficient (Wildman–Crippen LogP) is 2.34. The van der Waals surface area contributed by atoms with Crippen LogP contribution in [-0.2, 0) is 17.8 Å². The number of hydrazine groups is 1. The van der Waals surface area contributed by atoms with Crippen LogP contribution in [0.5, 0.6) is 0 Å². The molecule has 3 rings (SSSR count). The lowest BCUT2D eigenvalue weighted by atomic mass is 10.2. The summed E-state index contributed by atoms with van der Waals surface area (Å²) in [6.45, 7) is 3.35. The number of ether oxygens (including phenoxy) is 1. The molecule has 2 aliphatic rings. The van der Waals surface area contributed by atoms with Crippen molar-refractivity contribution in [1.82, 2.24) is 10.4 Å². The fraction of sp³-hybridized carbons (Fsp3) is 0.615. The maximum absolute atomic E-state index is 11.9. The van der Waals surface area contributed by atoms with Gasteiger partial charge in [-0.1, -0.05) is 6.42 Å². The number of hydrogen-bond acceptors (Lipinski definition) is 4. The number of nitrogens with zero attached hydrogens (tertiary/aromatic N) is 1. The van der Waals surface area contributed by atoms with Crippen LogP contribution in [0.2, 0.25) is 0 Å². The Morgan fingerprint density at radius 3 is 2.95 bits per heavy atom. The van der Waals surface area contributed by atoms with E-state index in [1.165, 1.54) is 16.9 Å². The van der Waals surface area contributed by atoms with Gasteiger partial charge in [-0.2, -0.15) is 0 Å². The molecule has 0 bridgehead atoms. The van der Waals surface area contributed by atoms with Crippen molar-refractivity contribution in [3.63, 3.8) is 0 Å². The van der Waals surface area contributed by atoms with Crippen LogP contribution in [0, 0.1) is 0 Å². The van der Waals surface area contributed by atoms with E-state index in [2.05, 4.69) is 16.8 Å². The van der Waals surface area contributed by atoms with Crippen molar-refractivity contribution >= 4 is 22.4 Å². The van der Waals surface area contributed by atoms with Crippen LogP contribution in [0.4, 0.5) is 9.80 Å². The summed E-state index contributed by atoms with van der Waals surface area (Å²) in [7, 11) is 0. The summed E-state index contributed by atoms with van der Waals surface area (Å²) in [5.41, 5.74) is 4.22. The van der Waals surface area contributed by atoms with Gasteiger partial charge < -0.3 is 4.74 Å². The number of nitrogens with one attached hydrogen (secondary N) is 2. The second kappa shape index (κ2) is 5.90. The largest absolute Gasteiger partial charge is 0.376 e. The van der Waals surface area contributed by atoms with Gasteiger partial charge >= 0.3 is 6.03 Å². The molecule has 0 saturated carbocycles. The summed E-state index contributed by atoms with van der Waals surface area (Å²) in [5.74, 6) is 0. The van der Waals surface area contributed by atoms with Gasteiger partial charge in [0.1, 0.15) is 0 Å². The van der Waals surface area contributed by atoms with Crippen LogP contribution in [0.1, 0.15) is 29.7 Å². The Kier molecular flexibility index (Phi) is 4.00. The summed E-state index contributed by atoms with van der Waals surface area (Å²) < 4.78 is 5.41. The molecule has 2 N–H and O–H groups in total. The van der Waals surface area contributed by atoms with Crippen molar-refractivity contribution in [2.45, 2.75) is 32.3 Å². The van der Waals surface area contributed by atoms with Gasteiger partial charge in [-0.15, -0.1) is 11.3 Å². The predicted molar refractivity (Wildman–Crippen MR) is 75.3 cm³/mol. The number of rotatable bonds is 2. The third kappa shape index (κ3) is 3.26. The number of piperidine rings is 1. The number of carbonyl (C=O) groups excluding carboxylic acids is 1. The number of hydrogen-bond donors (Lipinski definition) is 2. The average Bonchev–Trinajstić information content (AvgIpc) is 2.81. The normalized spacial score (nSPS) is 19.8. The van der Waals surface area contributed by atoms with Crippen molar-refractivity contribution in [3.8, 4) is 0 Å². The summed E-state index contributed by atoms with van der Waals surface area (Å²) in [4.78, 5) is 13.1. The quantitative estimate of drug-likeness (QED) is 0.875. The molecule has 0 aliphatic carbocycles. The molecule has 0 aromatic carbocycles. The van der Waals surface area contributed by atoms with Crippen LogP contribution in [-0.4, -0.2) is 30.7 Å². The molecular weight excluding hydrogens is 262 g/mol. The minimum Gasteiger partial charge on any atom is -0.376 e. The third-order valence-corrected chi connectivity index (χ3v) is 4.56. The van der Waals surface area contributed by atoms with Crippen molar-refractivity contribution in [3.05, 3.63) is 16.5 Å². The Balaban J connectivity index is 1.55. The van der Waals surface area contributed by atoms with E-state index in [1.807, 2.05) is 5.01 Å². The van der Waals surface area contributed by atoms with E-state index in [0.29, 0.717) is 6.61 Å². The van der Waals surface area contributed by atoms with Gasteiger partial charge in [0.25, 0.3) is 0 Å². The molecule has 19 heavy (non-hydrogen) atoms. The number of fused-ring (bicyclic) bond motifs is 1. The highest BCUT2D eigenvalue weighted by Gasteiger charge is 2.16. The van der Waals surface area contributed by atoms with E-state index >= 15 is 0 Å². The number of amides is 2. The first-order chi connectivity index (χ1) is 9.31. The van der Waals surface area contributed by atoms with Gasteiger partial charge in [-0.25, -0.2) is 9.80 Å². The number of urea groups is 1. The zero-order chi connectivity index (χ0) is 13.1. The summed E-state index contributed by atoms with van der Waals surface area (Å²) >= 11 is 1.61. The minimum atomic E-state index is -0.138. The van der Waals surface area contributed by atoms with Gasteiger partial charge in [0.05, 0.1) is 18.2 Å². The molecule has 3 heterocycles. The van der Waals surface area contributed by atoms with Gasteiger partial charge in [0.2, 0.25) is 0 Å². The maximum Gasteiger partial charge on any atom is 0.334 e. The van der Waals surface area contributed by atoms with Crippen LogP contribution in [0.25, 0.3) is 0 Å². The Labute approximate surface area is 116 Å². The molecular formula is C13H19N3O2S. The fourth-order valence-corrected chi connectivity index (χ4v) is 3.54. The second-order valence-electron chi connectivity index (χ2n) is 4.98. The van der Waals surface area contributed by atoms with Crippen LogP contribution < -0.4 is 10.7 Å². The number of anilines is 1. The SMILES string of the molecule is O=C(Nc1cc2c(s1)COCC2)NN1CCCCC1. The smallest absolute Gasteiger partial charge is 0.334 e. The molecule has 5 nitrogen and oxygen atoms in total. The molecule has 0 atom stereocenters. The molecule has 1 aromatic heterocycles. The lowest BCUT2D eigenvalue weighted by molar-refractivity contribution is 0.113. The Bertz CT molecular complexity index is 431. The topological polar surface area (TPSA) is 53.6 Å². The van der Waals surface area contributed by atoms with Crippen molar-refractivity contribution in [2.75, 3.05) is 25.0 Å². The van der Waals surface area contributed by atoms with Crippen molar-refractivity contribution < 1.29 is 9.53 Å². The molecule has 0 unspecified atom stereocenters. The first-order valence-corrected chi connectivity index (χ1v) is 7.65. The standard InChI is InChI=1S/C13H19N3O2S/c17-13(15-16-5-2-1-3-6-16)14-12-8-10-4-7-18-9-11(10)19-12/h8H,1-7,9H2,(H2,14,15,17). The highest BCUT2D eigenvalue weighted by molar-refractivity contribution is 7.16. The van der Waals surface area contributed by atoms with Gasteiger partial charge in [-0.3, -0.25) is 10.7 Å². The molecule has 1 aromatic rings. The van der Waals surface area contributed by atoms with E-state index in [-0.39, 0.29) is 6.03 Å². The van der Waals surface area contributed by atoms with E-state index in [1.54, 1.807) is 11.3 Å².